The quantitative estimate of drug-likeness (QED) is 0.196. The molecule has 1 atom stereocenters. The van der Waals surface area contributed by atoms with Gasteiger partial charge in [0.15, 0.2) is 16.9 Å². The molecule has 0 aliphatic heterocycles. The first-order valence-electron chi connectivity index (χ1n) is 12.6. The fourth-order valence-electron chi connectivity index (χ4n) is 4.00. The number of rotatable bonds is 7. The van der Waals surface area contributed by atoms with Gasteiger partial charge in [-0.25, -0.2) is 23.9 Å². The highest BCUT2D eigenvalue weighted by molar-refractivity contribution is 6.01. The van der Waals surface area contributed by atoms with Crippen molar-refractivity contribution >= 4 is 40.5 Å². The average Bonchev–Trinajstić information content (AvgIpc) is 3.55. The first-order chi connectivity index (χ1) is 20.4. The molecule has 0 spiro atoms. The summed E-state index contributed by atoms with van der Waals surface area (Å²) in [5.74, 6) is -3.71. The van der Waals surface area contributed by atoms with E-state index < -0.39 is 23.5 Å². The van der Waals surface area contributed by atoms with Crippen LogP contribution in [0.25, 0.3) is 16.7 Å². The second-order valence-electron chi connectivity index (χ2n) is 9.30. The lowest BCUT2D eigenvalue weighted by atomic mass is 10.1. The number of amides is 2. The number of carboxylic acids is 1. The van der Waals surface area contributed by atoms with Gasteiger partial charge in [-0.15, -0.1) is 0 Å². The molecule has 0 unspecified atom stereocenters. The molecule has 44 heavy (non-hydrogen) atoms. The summed E-state index contributed by atoms with van der Waals surface area (Å²) in [7, 11) is 2.92. The van der Waals surface area contributed by atoms with Crippen molar-refractivity contribution in [3.63, 3.8) is 0 Å². The zero-order valence-electron chi connectivity index (χ0n) is 23.2. The Kier molecular flexibility index (Phi) is 9.98. The number of aromatic carboxylic acids is 1. The van der Waals surface area contributed by atoms with Gasteiger partial charge in [-0.05, 0) is 42.3 Å². The number of ether oxygens (including phenoxy) is 1. The van der Waals surface area contributed by atoms with E-state index in [9.17, 15) is 29.1 Å². The highest BCUT2D eigenvalue weighted by atomic mass is 16.5. The van der Waals surface area contributed by atoms with Crippen LogP contribution in [-0.4, -0.2) is 55.1 Å². The molecular formula is C29H31N7O8. The maximum Gasteiger partial charge on any atom is 0.419 e. The molecule has 6 N–H and O–H groups in total. The minimum absolute atomic E-state index is 0. The van der Waals surface area contributed by atoms with Crippen molar-refractivity contribution in [3.8, 4) is 0 Å². The third kappa shape index (κ3) is 6.79. The number of carbonyl (C=O) groups is 4. The largest absolute Gasteiger partial charge is 0.477 e. The van der Waals surface area contributed by atoms with E-state index in [2.05, 4.69) is 20.1 Å². The lowest BCUT2D eigenvalue weighted by molar-refractivity contribution is 0.0599. The molecule has 5 aromatic rings. The Morgan fingerprint density at radius 3 is 2.39 bits per heavy atom. The minimum atomic E-state index is -1.36. The smallest absolute Gasteiger partial charge is 0.419 e. The minimum Gasteiger partial charge on any atom is -0.477 e. The van der Waals surface area contributed by atoms with E-state index in [0.717, 1.165) is 22.3 Å². The summed E-state index contributed by atoms with van der Waals surface area (Å²) in [4.78, 5) is 62.3. The molecule has 0 aliphatic carbocycles. The van der Waals surface area contributed by atoms with Gasteiger partial charge in [-0.1, -0.05) is 25.6 Å². The third-order valence-electron chi connectivity index (χ3n) is 6.36. The number of aromatic nitrogens is 4. The van der Waals surface area contributed by atoms with Crippen LogP contribution in [0, 0.1) is 0 Å². The standard InChI is InChI=1S/C18H14N6O6.C10H13NO2.CH4/c1-23-11-4-8(2-3-13(11)30-18(23)29)6-20-16(26)10-5-12(17(27)28)24-15(22-10)9(7-21-24)14(19)25;1-7(11)8-3-5-9(6-4-8)10(12)13-2;/h2-5,7H,6H2,1H3,(H2,19,25)(H,20,26)(H,27,28);3-7H,11H2,1-2H3;1H4/t;7-;/m.1./s1. The summed E-state index contributed by atoms with van der Waals surface area (Å²) in [6, 6.07) is 13.1. The van der Waals surface area contributed by atoms with Gasteiger partial charge in [0.05, 0.1) is 24.4 Å². The number of carboxylic acid groups (broad SMARTS) is 1. The predicted octanol–water partition coefficient (Wildman–Crippen LogP) is 2.03. The predicted molar refractivity (Wildman–Crippen MR) is 158 cm³/mol. The van der Waals surface area contributed by atoms with E-state index in [1.54, 1.807) is 37.4 Å². The SMILES string of the molecule is C.COC(=O)c1ccc([C@@H](C)N)cc1.Cn1c(=O)oc2ccc(CNC(=O)c3cc(C(=O)O)n4ncc(C(N)=O)c4n3)cc21. The van der Waals surface area contributed by atoms with Gasteiger partial charge in [0.25, 0.3) is 11.8 Å². The van der Waals surface area contributed by atoms with Gasteiger partial charge < -0.3 is 31.0 Å². The van der Waals surface area contributed by atoms with Crippen molar-refractivity contribution in [2.24, 2.45) is 18.5 Å². The molecule has 0 bridgehead atoms. The number of fused-ring (bicyclic) bond motifs is 2. The number of oxazole rings is 1. The van der Waals surface area contributed by atoms with Crippen molar-refractivity contribution < 1.29 is 33.4 Å². The number of hydrogen-bond donors (Lipinski definition) is 4. The summed E-state index contributed by atoms with van der Waals surface area (Å²) in [5.41, 5.74) is 13.3. The molecule has 0 fully saturated rings. The fourth-order valence-corrected chi connectivity index (χ4v) is 4.00. The summed E-state index contributed by atoms with van der Waals surface area (Å²) in [6.07, 6.45) is 1.09. The normalized spacial score (nSPS) is 11.2. The zero-order chi connectivity index (χ0) is 31.4. The number of benzene rings is 2. The molecule has 0 saturated heterocycles. The molecule has 5 rings (SSSR count). The Morgan fingerprint density at radius 1 is 1.11 bits per heavy atom. The first-order valence-corrected chi connectivity index (χ1v) is 12.6. The van der Waals surface area contributed by atoms with Crippen LogP contribution in [-0.2, 0) is 18.3 Å². The number of carbonyl (C=O) groups excluding carboxylic acids is 3. The Balaban J connectivity index is 0.000000319. The summed E-state index contributed by atoms with van der Waals surface area (Å²) < 4.78 is 11.9. The van der Waals surface area contributed by atoms with E-state index in [1.165, 1.54) is 11.7 Å². The Labute approximate surface area is 250 Å². The van der Waals surface area contributed by atoms with Gasteiger partial charge in [-0.3, -0.25) is 14.2 Å². The summed E-state index contributed by atoms with van der Waals surface area (Å²) in [5, 5.41) is 15.8. The maximum absolute atomic E-state index is 12.6. The van der Waals surface area contributed by atoms with Crippen molar-refractivity contribution in [2.45, 2.75) is 26.9 Å². The molecule has 15 nitrogen and oxygen atoms in total. The number of esters is 1. The Morgan fingerprint density at radius 2 is 1.80 bits per heavy atom. The van der Waals surface area contributed by atoms with Crippen molar-refractivity contribution in [1.82, 2.24) is 24.5 Å². The van der Waals surface area contributed by atoms with Crippen LogP contribution < -0.4 is 22.5 Å². The maximum atomic E-state index is 12.6. The van der Waals surface area contributed by atoms with E-state index >= 15 is 0 Å². The second-order valence-corrected chi connectivity index (χ2v) is 9.30. The van der Waals surface area contributed by atoms with Gasteiger partial charge in [0, 0.05) is 25.7 Å². The molecular weight excluding hydrogens is 574 g/mol. The van der Waals surface area contributed by atoms with Crippen LogP contribution in [0.5, 0.6) is 0 Å². The number of nitrogens with one attached hydrogen (secondary N) is 1. The van der Waals surface area contributed by atoms with E-state index in [0.29, 0.717) is 22.2 Å². The van der Waals surface area contributed by atoms with Crippen LogP contribution in [0.15, 0.2) is 63.9 Å². The van der Waals surface area contributed by atoms with Crippen LogP contribution >= 0.6 is 0 Å². The first kappa shape index (κ1) is 32.7. The molecule has 0 radical (unpaired) electrons. The van der Waals surface area contributed by atoms with Crippen molar-refractivity contribution in [3.05, 3.63) is 98.9 Å². The molecule has 0 saturated carbocycles. The van der Waals surface area contributed by atoms with Gasteiger partial charge in [0.1, 0.15) is 11.3 Å². The highest BCUT2D eigenvalue weighted by Crippen LogP contribution is 2.16. The fraction of sp³-hybridized carbons (Fsp3) is 0.207. The Bertz CT molecular complexity index is 1920. The molecule has 3 heterocycles. The van der Waals surface area contributed by atoms with Crippen molar-refractivity contribution in [1.29, 1.82) is 0 Å². The van der Waals surface area contributed by atoms with E-state index in [-0.39, 0.29) is 48.6 Å². The Hall–Kier alpha value is -5.83. The second kappa shape index (κ2) is 13.4. The molecule has 2 aromatic carbocycles. The number of aryl methyl sites for hydroxylation is 1. The number of nitrogens with two attached hydrogens (primary N) is 2. The van der Waals surface area contributed by atoms with Gasteiger partial charge in [-0.2, -0.15) is 5.10 Å². The number of hydrogen-bond acceptors (Lipinski definition) is 10. The van der Waals surface area contributed by atoms with Gasteiger partial charge in [0.2, 0.25) is 0 Å². The zero-order valence-corrected chi connectivity index (χ0v) is 23.2. The lowest BCUT2D eigenvalue weighted by Crippen LogP contribution is -2.25. The average molecular weight is 606 g/mol. The summed E-state index contributed by atoms with van der Waals surface area (Å²) in [6.45, 7) is 1.97. The number of nitrogens with zero attached hydrogens (tertiary/aromatic N) is 4. The van der Waals surface area contributed by atoms with E-state index in [1.807, 2.05) is 19.1 Å². The van der Waals surface area contributed by atoms with Crippen LogP contribution in [0.1, 0.15) is 73.2 Å². The lowest BCUT2D eigenvalue weighted by Gasteiger charge is -2.07. The topological polar surface area (TPSA) is 227 Å². The number of primary amides is 1. The van der Waals surface area contributed by atoms with Gasteiger partial charge >= 0.3 is 17.7 Å². The third-order valence-corrected chi connectivity index (χ3v) is 6.36. The highest BCUT2D eigenvalue weighted by Gasteiger charge is 2.21. The van der Waals surface area contributed by atoms with Crippen LogP contribution in [0.3, 0.4) is 0 Å². The molecule has 2 amide bonds. The molecule has 230 valence electrons. The van der Waals surface area contributed by atoms with Crippen molar-refractivity contribution in [2.75, 3.05) is 7.11 Å². The van der Waals surface area contributed by atoms with Crippen LogP contribution in [0.4, 0.5) is 0 Å². The molecule has 15 heteroatoms. The number of methoxy groups -OCH3 is 1. The monoisotopic (exact) mass is 605 g/mol. The van der Waals surface area contributed by atoms with E-state index in [4.69, 9.17) is 15.9 Å². The van der Waals surface area contributed by atoms with Crippen LogP contribution in [0.2, 0.25) is 0 Å². The molecule has 3 aromatic heterocycles. The molecule has 0 aliphatic rings. The summed E-state index contributed by atoms with van der Waals surface area (Å²) >= 11 is 0.